The summed E-state index contributed by atoms with van der Waals surface area (Å²) < 4.78 is 10.7. The number of imide groups is 1. The maximum Gasteiger partial charge on any atom is 0.267 e. The van der Waals surface area contributed by atoms with Gasteiger partial charge in [-0.25, -0.2) is 9.88 Å². The maximum atomic E-state index is 13.4. The Morgan fingerprint density at radius 2 is 1.79 bits per heavy atom. The minimum absolute atomic E-state index is 0.112. The number of fused-ring (bicyclic) bond motifs is 4. The van der Waals surface area contributed by atoms with Crippen LogP contribution >= 0.6 is 0 Å². The van der Waals surface area contributed by atoms with Gasteiger partial charge in [-0.15, -0.1) is 0 Å². The number of rotatable bonds is 2. The third-order valence-electron chi connectivity index (χ3n) is 5.11. The molecular formula is C21H12N4O4. The van der Waals surface area contributed by atoms with E-state index in [1.54, 1.807) is 18.2 Å². The number of aromatic amines is 1. The molecule has 0 fully saturated rings. The normalized spacial score (nSPS) is 14.7. The average molecular weight is 384 g/mol. The Bertz CT molecular complexity index is 1330. The van der Waals surface area contributed by atoms with Gasteiger partial charge < -0.3 is 9.47 Å². The number of aromatic nitrogens is 3. The topological polar surface area (TPSA) is 97.4 Å². The zero-order valence-corrected chi connectivity index (χ0v) is 14.9. The highest BCUT2D eigenvalue weighted by Gasteiger charge is 2.40. The monoisotopic (exact) mass is 384 g/mol. The fraction of sp³-hybridized carbons (Fsp3) is 0.0476. The fourth-order valence-electron chi connectivity index (χ4n) is 3.77. The smallest absolute Gasteiger partial charge is 0.267 e. The van der Waals surface area contributed by atoms with E-state index in [-0.39, 0.29) is 12.4 Å². The lowest BCUT2D eigenvalue weighted by Gasteiger charge is -2.14. The van der Waals surface area contributed by atoms with Crippen LogP contribution in [-0.2, 0) is 0 Å². The number of hydrogen-bond acceptors (Lipinski definition) is 6. The molecule has 0 radical (unpaired) electrons. The second kappa shape index (κ2) is 5.65. The molecule has 2 aromatic carbocycles. The molecule has 0 unspecified atom stereocenters. The first kappa shape index (κ1) is 15.8. The van der Waals surface area contributed by atoms with E-state index < -0.39 is 11.8 Å². The van der Waals surface area contributed by atoms with Gasteiger partial charge in [0.2, 0.25) is 6.79 Å². The number of carbonyl (C=O) groups excluding carboxylic acids is 2. The molecule has 4 heterocycles. The summed E-state index contributed by atoms with van der Waals surface area (Å²) in [5, 5.41) is 7.71. The molecule has 29 heavy (non-hydrogen) atoms. The highest BCUT2D eigenvalue weighted by molar-refractivity contribution is 6.38. The Morgan fingerprint density at radius 1 is 0.966 bits per heavy atom. The zero-order chi connectivity index (χ0) is 19.5. The molecule has 4 aromatic rings. The largest absolute Gasteiger partial charge is 0.454 e. The van der Waals surface area contributed by atoms with Crippen LogP contribution in [0.2, 0.25) is 0 Å². The van der Waals surface area contributed by atoms with Crippen molar-refractivity contribution in [2.45, 2.75) is 0 Å². The van der Waals surface area contributed by atoms with Crippen LogP contribution in [-0.4, -0.2) is 33.8 Å². The Kier molecular flexibility index (Phi) is 3.08. The highest BCUT2D eigenvalue weighted by Crippen LogP contribution is 2.40. The lowest BCUT2D eigenvalue weighted by molar-refractivity contribution is 0.0926. The second-order valence-electron chi connectivity index (χ2n) is 6.69. The van der Waals surface area contributed by atoms with Crippen molar-refractivity contribution in [3.63, 3.8) is 0 Å². The van der Waals surface area contributed by atoms with Gasteiger partial charge in [0.15, 0.2) is 17.1 Å². The van der Waals surface area contributed by atoms with Gasteiger partial charge in [-0.1, -0.05) is 30.3 Å². The SMILES string of the molecule is O=C1c2cnc3n[nH]c(-c4ccccc4)c3c2C(=O)N1c1ccc2c(c1)OCO2. The standard InChI is InChI=1S/C21H12N4O4/c26-20-13-9-22-19-17(18(23-24-19)11-4-2-1-3-5-11)16(13)21(27)25(20)12-6-7-14-15(8-12)29-10-28-14/h1-9H,10H2,(H,22,23,24). The minimum Gasteiger partial charge on any atom is -0.454 e. The van der Waals surface area contributed by atoms with E-state index in [0.717, 1.165) is 10.5 Å². The van der Waals surface area contributed by atoms with E-state index in [1.807, 2.05) is 30.3 Å². The molecule has 0 spiro atoms. The van der Waals surface area contributed by atoms with E-state index in [2.05, 4.69) is 15.2 Å². The van der Waals surface area contributed by atoms with E-state index >= 15 is 0 Å². The number of ether oxygens (including phenoxy) is 2. The molecule has 0 bridgehead atoms. The van der Waals surface area contributed by atoms with E-state index in [1.165, 1.54) is 6.20 Å². The molecule has 2 aromatic heterocycles. The van der Waals surface area contributed by atoms with Crippen LogP contribution in [0, 0.1) is 0 Å². The minimum atomic E-state index is -0.432. The number of pyridine rings is 1. The summed E-state index contributed by atoms with van der Waals surface area (Å²) in [7, 11) is 0. The summed E-state index contributed by atoms with van der Waals surface area (Å²) >= 11 is 0. The van der Waals surface area contributed by atoms with Crippen molar-refractivity contribution in [2.24, 2.45) is 0 Å². The van der Waals surface area contributed by atoms with Gasteiger partial charge >= 0.3 is 0 Å². The maximum absolute atomic E-state index is 13.4. The molecule has 8 heteroatoms. The summed E-state index contributed by atoms with van der Waals surface area (Å²) in [5.41, 5.74) is 2.85. The van der Waals surface area contributed by atoms with Crippen molar-refractivity contribution in [2.75, 3.05) is 11.7 Å². The molecule has 0 saturated heterocycles. The summed E-state index contributed by atoms with van der Waals surface area (Å²) in [6, 6.07) is 14.5. The molecule has 2 aliphatic heterocycles. The summed E-state index contributed by atoms with van der Waals surface area (Å²) in [6.07, 6.45) is 1.40. The van der Waals surface area contributed by atoms with Gasteiger partial charge in [-0.3, -0.25) is 14.7 Å². The van der Waals surface area contributed by atoms with Crippen molar-refractivity contribution < 1.29 is 19.1 Å². The number of benzene rings is 2. The predicted molar refractivity (Wildman–Crippen MR) is 103 cm³/mol. The first-order valence-corrected chi connectivity index (χ1v) is 8.93. The zero-order valence-electron chi connectivity index (χ0n) is 14.9. The fourth-order valence-corrected chi connectivity index (χ4v) is 3.77. The number of carbonyl (C=O) groups is 2. The Labute approximate surface area is 163 Å². The van der Waals surface area contributed by atoms with Crippen molar-refractivity contribution in [3.8, 4) is 22.8 Å². The lowest BCUT2D eigenvalue weighted by atomic mass is 10.0. The number of nitrogens with one attached hydrogen (secondary N) is 1. The molecule has 6 rings (SSSR count). The van der Waals surface area contributed by atoms with Crippen LogP contribution in [0.4, 0.5) is 5.69 Å². The van der Waals surface area contributed by atoms with E-state index in [4.69, 9.17) is 9.47 Å². The molecule has 2 aliphatic rings. The number of anilines is 1. The molecule has 0 saturated carbocycles. The van der Waals surface area contributed by atoms with Crippen LogP contribution in [0.15, 0.2) is 54.7 Å². The van der Waals surface area contributed by atoms with Crippen LogP contribution in [0.3, 0.4) is 0 Å². The van der Waals surface area contributed by atoms with Gasteiger partial charge in [0, 0.05) is 17.8 Å². The predicted octanol–water partition coefficient (Wildman–Crippen LogP) is 3.15. The molecule has 0 aliphatic carbocycles. The molecule has 8 nitrogen and oxygen atoms in total. The van der Waals surface area contributed by atoms with Crippen molar-refractivity contribution in [1.82, 2.24) is 15.2 Å². The average Bonchev–Trinajstić information content (AvgIpc) is 3.45. The quantitative estimate of drug-likeness (QED) is 0.533. The van der Waals surface area contributed by atoms with E-state index in [0.29, 0.717) is 39.5 Å². The van der Waals surface area contributed by atoms with Gasteiger partial charge in [0.1, 0.15) is 0 Å². The molecule has 2 amide bonds. The third-order valence-corrected chi connectivity index (χ3v) is 5.11. The number of H-pyrrole nitrogens is 1. The molecule has 140 valence electrons. The van der Waals surface area contributed by atoms with Crippen molar-refractivity contribution in [1.29, 1.82) is 0 Å². The first-order valence-electron chi connectivity index (χ1n) is 8.93. The van der Waals surface area contributed by atoms with Crippen LogP contribution in [0.5, 0.6) is 11.5 Å². The molecule has 0 atom stereocenters. The summed E-state index contributed by atoms with van der Waals surface area (Å²) in [5.74, 6) is 0.222. The summed E-state index contributed by atoms with van der Waals surface area (Å²) in [6.45, 7) is 0.112. The molecular weight excluding hydrogens is 372 g/mol. The highest BCUT2D eigenvalue weighted by atomic mass is 16.7. The van der Waals surface area contributed by atoms with E-state index in [9.17, 15) is 9.59 Å². The van der Waals surface area contributed by atoms with Crippen LogP contribution in [0.1, 0.15) is 20.7 Å². The second-order valence-corrected chi connectivity index (χ2v) is 6.69. The molecule has 1 N–H and O–H groups in total. The first-order chi connectivity index (χ1) is 14.2. The van der Waals surface area contributed by atoms with Crippen molar-refractivity contribution in [3.05, 3.63) is 65.9 Å². The lowest BCUT2D eigenvalue weighted by Crippen LogP contribution is -2.29. The van der Waals surface area contributed by atoms with Gasteiger partial charge in [0.05, 0.1) is 27.9 Å². The number of amides is 2. The third kappa shape index (κ3) is 2.13. The van der Waals surface area contributed by atoms with Crippen LogP contribution < -0.4 is 14.4 Å². The van der Waals surface area contributed by atoms with Gasteiger partial charge in [-0.2, -0.15) is 5.10 Å². The number of hydrogen-bond donors (Lipinski definition) is 1. The Morgan fingerprint density at radius 3 is 2.66 bits per heavy atom. The number of nitrogens with zero attached hydrogens (tertiary/aromatic N) is 3. The Balaban J connectivity index is 1.54. The van der Waals surface area contributed by atoms with Crippen LogP contribution in [0.25, 0.3) is 22.3 Å². The van der Waals surface area contributed by atoms with Crippen molar-refractivity contribution >= 4 is 28.5 Å². The van der Waals surface area contributed by atoms with Gasteiger partial charge in [-0.05, 0) is 12.1 Å². The summed E-state index contributed by atoms with van der Waals surface area (Å²) in [4.78, 5) is 31.9. The Hall–Kier alpha value is -4.20. The van der Waals surface area contributed by atoms with Gasteiger partial charge in [0.25, 0.3) is 11.8 Å².